The Morgan fingerprint density at radius 3 is 2.50 bits per heavy atom. The van der Waals surface area contributed by atoms with Gasteiger partial charge in [-0.1, -0.05) is 17.7 Å². The molecule has 144 valence electrons. The van der Waals surface area contributed by atoms with Crippen LogP contribution in [0.1, 0.15) is 23.7 Å². The number of ether oxygens (including phenoxy) is 2. The molecule has 0 radical (unpaired) electrons. The number of carbonyl (C=O) groups is 1. The molecule has 0 aliphatic carbocycles. The Kier molecular flexibility index (Phi) is 6.75. The third kappa shape index (κ3) is 5.92. The van der Waals surface area contributed by atoms with Gasteiger partial charge >= 0.3 is 5.97 Å². The molecule has 0 amide bonds. The van der Waals surface area contributed by atoms with Gasteiger partial charge in [0.15, 0.2) is 0 Å². The molecule has 0 unspecified atom stereocenters. The molecule has 0 fully saturated rings. The second kappa shape index (κ2) is 9.66. The number of hydrogen-bond donors (Lipinski definition) is 1. The standard InChI is InChI=1S/C21H21N3O3S/c1-3-26-20(25)12-17-14-28-21(23-17)24-22-13-16-6-10-19(11-7-16)27-18-8-4-15(2)5-9-18/h4-11,13-14H,3,12H2,1-2H3,(H,23,24). The molecule has 3 aromatic rings. The van der Waals surface area contributed by atoms with E-state index in [0.29, 0.717) is 17.4 Å². The molecule has 0 bridgehead atoms. The normalized spacial score (nSPS) is 10.8. The summed E-state index contributed by atoms with van der Waals surface area (Å²) in [6.45, 7) is 4.19. The first-order valence-corrected chi connectivity index (χ1v) is 9.74. The number of esters is 1. The van der Waals surface area contributed by atoms with E-state index in [2.05, 4.69) is 15.5 Å². The van der Waals surface area contributed by atoms with Crippen LogP contribution >= 0.6 is 11.3 Å². The highest BCUT2D eigenvalue weighted by Gasteiger charge is 2.07. The third-order valence-corrected chi connectivity index (χ3v) is 4.49. The molecule has 1 aromatic heterocycles. The van der Waals surface area contributed by atoms with Crippen molar-refractivity contribution in [2.75, 3.05) is 12.0 Å². The molecule has 28 heavy (non-hydrogen) atoms. The Morgan fingerprint density at radius 1 is 1.14 bits per heavy atom. The number of benzene rings is 2. The maximum atomic E-state index is 11.5. The zero-order valence-corrected chi connectivity index (χ0v) is 16.5. The van der Waals surface area contributed by atoms with Crippen LogP contribution in [0.4, 0.5) is 5.13 Å². The van der Waals surface area contributed by atoms with Crippen LogP contribution in [-0.2, 0) is 16.0 Å². The van der Waals surface area contributed by atoms with Crippen LogP contribution in [0.3, 0.4) is 0 Å². The Morgan fingerprint density at radius 2 is 1.82 bits per heavy atom. The van der Waals surface area contributed by atoms with E-state index < -0.39 is 0 Å². The average Bonchev–Trinajstić information content (AvgIpc) is 3.12. The molecule has 1 N–H and O–H groups in total. The molecule has 3 rings (SSSR count). The van der Waals surface area contributed by atoms with E-state index in [-0.39, 0.29) is 12.4 Å². The summed E-state index contributed by atoms with van der Waals surface area (Å²) in [6.07, 6.45) is 1.86. The van der Waals surface area contributed by atoms with Gasteiger partial charge in [-0.2, -0.15) is 5.10 Å². The monoisotopic (exact) mass is 395 g/mol. The van der Waals surface area contributed by atoms with Gasteiger partial charge in [0, 0.05) is 5.38 Å². The highest BCUT2D eigenvalue weighted by molar-refractivity contribution is 7.13. The lowest BCUT2D eigenvalue weighted by atomic mass is 10.2. The minimum Gasteiger partial charge on any atom is -0.466 e. The number of anilines is 1. The van der Waals surface area contributed by atoms with Crippen molar-refractivity contribution >= 4 is 28.7 Å². The summed E-state index contributed by atoms with van der Waals surface area (Å²) in [5, 5.41) is 6.61. The number of aryl methyl sites for hydroxylation is 1. The Hall–Kier alpha value is -3.19. The van der Waals surface area contributed by atoms with Crippen LogP contribution in [0.5, 0.6) is 11.5 Å². The number of thiazole rings is 1. The zero-order chi connectivity index (χ0) is 19.8. The van der Waals surface area contributed by atoms with Gasteiger partial charge in [0.2, 0.25) is 5.13 Å². The number of hydrazone groups is 1. The van der Waals surface area contributed by atoms with Crippen molar-refractivity contribution in [3.05, 3.63) is 70.7 Å². The lowest BCUT2D eigenvalue weighted by molar-refractivity contribution is -0.142. The minimum absolute atomic E-state index is 0.165. The first-order valence-electron chi connectivity index (χ1n) is 8.86. The summed E-state index contributed by atoms with van der Waals surface area (Å²) in [5.41, 5.74) is 5.65. The highest BCUT2D eigenvalue weighted by Crippen LogP contribution is 2.22. The van der Waals surface area contributed by atoms with E-state index in [1.165, 1.54) is 16.9 Å². The summed E-state index contributed by atoms with van der Waals surface area (Å²) in [6, 6.07) is 15.5. The molecule has 2 aromatic carbocycles. The molecular formula is C21H21N3O3S. The van der Waals surface area contributed by atoms with Crippen molar-refractivity contribution in [1.82, 2.24) is 4.98 Å². The minimum atomic E-state index is -0.282. The van der Waals surface area contributed by atoms with E-state index in [0.717, 1.165) is 17.1 Å². The summed E-state index contributed by atoms with van der Waals surface area (Å²) in [4.78, 5) is 15.8. The van der Waals surface area contributed by atoms with E-state index in [1.807, 2.05) is 60.8 Å². The van der Waals surface area contributed by atoms with Gasteiger partial charge in [0.1, 0.15) is 11.5 Å². The summed E-state index contributed by atoms with van der Waals surface area (Å²) in [7, 11) is 0. The van der Waals surface area contributed by atoms with Gasteiger partial charge in [0.25, 0.3) is 0 Å². The predicted molar refractivity (Wildman–Crippen MR) is 111 cm³/mol. The SMILES string of the molecule is CCOC(=O)Cc1csc(NN=Cc2ccc(Oc3ccc(C)cc3)cc2)n1. The van der Waals surface area contributed by atoms with Gasteiger partial charge in [-0.15, -0.1) is 11.3 Å². The van der Waals surface area contributed by atoms with E-state index in [9.17, 15) is 4.79 Å². The lowest BCUT2D eigenvalue weighted by Crippen LogP contribution is -2.07. The first kappa shape index (κ1) is 19.6. The third-order valence-electron chi connectivity index (χ3n) is 3.69. The topological polar surface area (TPSA) is 72.8 Å². The molecule has 0 aliphatic heterocycles. The second-order valence-electron chi connectivity index (χ2n) is 5.98. The molecule has 7 heteroatoms. The van der Waals surface area contributed by atoms with E-state index in [4.69, 9.17) is 9.47 Å². The van der Waals surface area contributed by atoms with Crippen LogP contribution < -0.4 is 10.2 Å². The van der Waals surface area contributed by atoms with Crippen molar-refractivity contribution in [3.63, 3.8) is 0 Å². The lowest BCUT2D eigenvalue weighted by Gasteiger charge is -2.06. The average molecular weight is 395 g/mol. The summed E-state index contributed by atoms with van der Waals surface area (Å²) in [5.74, 6) is 1.28. The number of nitrogens with zero attached hydrogens (tertiary/aromatic N) is 2. The molecule has 0 saturated carbocycles. The number of nitrogens with one attached hydrogen (secondary N) is 1. The fraction of sp³-hybridized carbons (Fsp3) is 0.190. The molecule has 6 nitrogen and oxygen atoms in total. The van der Waals surface area contributed by atoms with Gasteiger partial charge in [0.05, 0.1) is 24.9 Å². The molecule has 0 aliphatic rings. The number of hydrogen-bond acceptors (Lipinski definition) is 7. The second-order valence-corrected chi connectivity index (χ2v) is 6.84. The van der Waals surface area contributed by atoms with Crippen LogP contribution in [0.25, 0.3) is 0 Å². The molecule has 0 atom stereocenters. The number of aromatic nitrogens is 1. The summed E-state index contributed by atoms with van der Waals surface area (Å²) < 4.78 is 10.7. The molecule has 1 heterocycles. The largest absolute Gasteiger partial charge is 0.466 e. The van der Waals surface area contributed by atoms with Crippen LogP contribution in [0.15, 0.2) is 59.0 Å². The quantitative estimate of drug-likeness (QED) is 0.337. The zero-order valence-electron chi connectivity index (χ0n) is 15.7. The number of rotatable bonds is 8. The van der Waals surface area contributed by atoms with Gasteiger partial charge in [-0.05, 0) is 55.8 Å². The van der Waals surface area contributed by atoms with Gasteiger partial charge < -0.3 is 9.47 Å². The van der Waals surface area contributed by atoms with Crippen molar-refractivity contribution in [2.45, 2.75) is 20.3 Å². The Balaban J connectivity index is 1.51. The summed E-state index contributed by atoms with van der Waals surface area (Å²) >= 11 is 1.39. The fourth-order valence-electron chi connectivity index (χ4n) is 2.33. The van der Waals surface area contributed by atoms with Crippen LogP contribution in [0, 0.1) is 6.92 Å². The van der Waals surface area contributed by atoms with Gasteiger partial charge in [-0.25, -0.2) is 4.98 Å². The smallest absolute Gasteiger partial charge is 0.311 e. The van der Waals surface area contributed by atoms with Crippen LogP contribution in [0.2, 0.25) is 0 Å². The Labute approximate surface area is 167 Å². The van der Waals surface area contributed by atoms with Crippen molar-refractivity contribution in [1.29, 1.82) is 0 Å². The molecule has 0 saturated heterocycles. The number of carbonyl (C=O) groups excluding carboxylic acids is 1. The van der Waals surface area contributed by atoms with Crippen LogP contribution in [-0.4, -0.2) is 23.8 Å². The predicted octanol–water partition coefficient (Wildman–Crippen LogP) is 4.80. The van der Waals surface area contributed by atoms with Crippen molar-refractivity contribution in [2.24, 2.45) is 5.10 Å². The molecule has 0 spiro atoms. The molecular weight excluding hydrogens is 374 g/mol. The fourth-order valence-corrected chi connectivity index (χ4v) is 2.98. The Bertz CT molecular complexity index is 934. The maximum absolute atomic E-state index is 11.5. The highest BCUT2D eigenvalue weighted by atomic mass is 32.1. The first-order chi connectivity index (χ1) is 13.6. The van der Waals surface area contributed by atoms with Gasteiger partial charge in [-0.3, -0.25) is 10.2 Å². The van der Waals surface area contributed by atoms with E-state index in [1.54, 1.807) is 13.1 Å². The maximum Gasteiger partial charge on any atom is 0.311 e. The van der Waals surface area contributed by atoms with Crippen molar-refractivity contribution < 1.29 is 14.3 Å². The van der Waals surface area contributed by atoms with Crippen molar-refractivity contribution in [3.8, 4) is 11.5 Å². The van der Waals surface area contributed by atoms with E-state index >= 15 is 0 Å².